The zero-order chi connectivity index (χ0) is 12.3. The van der Waals surface area contributed by atoms with Crippen LogP contribution >= 0.6 is 0 Å². The molecule has 0 saturated heterocycles. The molecule has 88 valence electrons. The number of anilines is 1. The summed E-state index contributed by atoms with van der Waals surface area (Å²) >= 11 is 0. The molecule has 0 saturated carbocycles. The average molecular weight is 233 g/mol. The van der Waals surface area contributed by atoms with Crippen molar-refractivity contribution in [1.29, 1.82) is 0 Å². The van der Waals surface area contributed by atoms with E-state index < -0.39 is 4.92 Å². The van der Waals surface area contributed by atoms with Gasteiger partial charge in [-0.25, -0.2) is 4.98 Å². The van der Waals surface area contributed by atoms with Crippen molar-refractivity contribution in [2.24, 2.45) is 0 Å². The summed E-state index contributed by atoms with van der Waals surface area (Å²) in [4.78, 5) is 14.4. The molecule has 6 nitrogen and oxygen atoms in total. The van der Waals surface area contributed by atoms with E-state index in [9.17, 15) is 10.1 Å². The number of aromatic nitrogens is 1. The largest absolute Gasteiger partial charge is 0.467 e. The van der Waals surface area contributed by atoms with Gasteiger partial charge in [0.05, 0.1) is 17.7 Å². The summed E-state index contributed by atoms with van der Waals surface area (Å²) in [6.07, 6.45) is 3.09. The summed E-state index contributed by atoms with van der Waals surface area (Å²) < 4.78 is 5.13. The Balaban J connectivity index is 2.21. The van der Waals surface area contributed by atoms with Gasteiger partial charge < -0.3 is 9.73 Å². The highest BCUT2D eigenvalue weighted by molar-refractivity contribution is 5.59. The molecule has 2 rings (SSSR count). The number of hydrogen-bond acceptors (Lipinski definition) is 5. The molecule has 0 bridgehead atoms. The monoisotopic (exact) mass is 233 g/mol. The number of rotatable bonds is 4. The van der Waals surface area contributed by atoms with Crippen LogP contribution in [0.4, 0.5) is 11.5 Å². The molecular formula is C11H11N3O3. The third-order valence-corrected chi connectivity index (χ3v) is 2.32. The molecule has 0 aliphatic heterocycles. The first-order valence-corrected chi connectivity index (χ1v) is 5.04. The van der Waals surface area contributed by atoms with Gasteiger partial charge in [0.1, 0.15) is 5.76 Å². The Bertz CT molecular complexity index is 523. The molecule has 6 heteroatoms. The van der Waals surface area contributed by atoms with Crippen LogP contribution in [0.5, 0.6) is 0 Å². The minimum absolute atomic E-state index is 0.000874. The van der Waals surface area contributed by atoms with Crippen LogP contribution in [0.15, 0.2) is 35.1 Å². The third kappa shape index (κ3) is 2.41. The number of aryl methyl sites for hydroxylation is 1. The SMILES string of the molecule is Cc1ccnc(NCc2ccco2)c1[N+](=O)[O-]. The van der Waals surface area contributed by atoms with Crippen LogP contribution in [0.2, 0.25) is 0 Å². The van der Waals surface area contributed by atoms with Crippen LogP contribution in [0.25, 0.3) is 0 Å². The normalized spacial score (nSPS) is 10.2. The van der Waals surface area contributed by atoms with E-state index in [4.69, 9.17) is 4.42 Å². The number of nitrogens with zero attached hydrogens (tertiary/aromatic N) is 2. The van der Waals surface area contributed by atoms with E-state index in [-0.39, 0.29) is 11.5 Å². The first-order valence-electron chi connectivity index (χ1n) is 5.04. The molecular weight excluding hydrogens is 222 g/mol. The second-order valence-corrected chi connectivity index (χ2v) is 3.52. The minimum Gasteiger partial charge on any atom is -0.467 e. The predicted molar refractivity (Wildman–Crippen MR) is 61.7 cm³/mol. The van der Waals surface area contributed by atoms with E-state index in [1.54, 1.807) is 31.4 Å². The smallest absolute Gasteiger partial charge is 0.314 e. The van der Waals surface area contributed by atoms with Gasteiger partial charge in [0.15, 0.2) is 0 Å². The van der Waals surface area contributed by atoms with Crippen LogP contribution in [0, 0.1) is 17.0 Å². The molecule has 0 amide bonds. The maximum absolute atomic E-state index is 10.9. The molecule has 17 heavy (non-hydrogen) atoms. The van der Waals surface area contributed by atoms with Crippen LogP contribution < -0.4 is 5.32 Å². The highest BCUT2D eigenvalue weighted by Crippen LogP contribution is 2.25. The zero-order valence-corrected chi connectivity index (χ0v) is 9.21. The van der Waals surface area contributed by atoms with E-state index in [0.29, 0.717) is 17.9 Å². The number of furan rings is 1. The van der Waals surface area contributed by atoms with E-state index in [1.807, 2.05) is 0 Å². The third-order valence-electron chi connectivity index (χ3n) is 2.32. The Morgan fingerprint density at radius 3 is 3.00 bits per heavy atom. The van der Waals surface area contributed by atoms with E-state index >= 15 is 0 Å². The molecule has 0 spiro atoms. The lowest BCUT2D eigenvalue weighted by atomic mass is 10.2. The number of pyridine rings is 1. The molecule has 0 aliphatic carbocycles. The van der Waals surface area contributed by atoms with Crippen molar-refractivity contribution in [3.8, 4) is 0 Å². The standard InChI is InChI=1S/C11H11N3O3/c1-8-4-5-12-11(10(8)14(15)16)13-7-9-3-2-6-17-9/h2-6H,7H2,1H3,(H,12,13). The van der Waals surface area contributed by atoms with Crippen molar-refractivity contribution >= 4 is 11.5 Å². The lowest BCUT2D eigenvalue weighted by Gasteiger charge is -2.05. The molecule has 2 heterocycles. The first kappa shape index (κ1) is 11.1. The van der Waals surface area contributed by atoms with Gasteiger partial charge in [0, 0.05) is 11.8 Å². The van der Waals surface area contributed by atoms with Crippen LogP contribution in [-0.2, 0) is 6.54 Å². The van der Waals surface area contributed by atoms with Gasteiger partial charge in [-0.05, 0) is 25.1 Å². The van der Waals surface area contributed by atoms with Gasteiger partial charge in [-0.1, -0.05) is 0 Å². The highest BCUT2D eigenvalue weighted by atomic mass is 16.6. The highest BCUT2D eigenvalue weighted by Gasteiger charge is 2.18. The molecule has 2 aromatic rings. The van der Waals surface area contributed by atoms with Gasteiger partial charge >= 0.3 is 5.69 Å². The molecule has 0 radical (unpaired) electrons. The molecule has 0 unspecified atom stereocenters. The second-order valence-electron chi connectivity index (χ2n) is 3.52. The minimum atomic E-state index is -0.438. The summed E-state index contributed by atoms with van der Waals surface area (Å²) in [5.41, 5.74) is 0.575. The van der Waals surface area contributed by atoms with Gasteiger partial charge in [-0.15, -0.1) is 0 Å². The molecule has 0 atom stereocenters. The van der Waals surface area contributed by atoms with Crippen molar-refractivity contribution in [2.45, 2.75) is 13.5 Å². The van der Waals surface area contributed by atoms with Gasteiger partial charge in [-0.3, -0.25) is 10.1 Å². The van der Waals surface area contributed by atoms with Gasteiger partial charge in [0.25, 0.3) is 0 Å². The first-order chi connectivity index (χ1) is 8.18. The Kier molecular flexibility index (Phi) is 3.04. The summed E-state index contributed by atoms with van der Waals surface area (Å²) in [7, 11) is 0. The molecule has 1 N–H and O–H groups in total. The lowest BCUT2D eigenvalue weighted by molar-refractivity contribution is -0.384. The Morgan fingerprint density at radius 2 is 2.35 bits per heavy atom. The molecule has 0 aliphatic rings. The zero-order valence-electron chi connectivity index (χ0n) is 9.21. The fraction of sp³-hybridized carbons (Fsp3) is 0.182. The molecule has 2 aromatic heterocycles. The van der Waals surface area contributed by atoms with Gasteiger partial charge in [-0.2, -0.15) is 0 Å². The number of hydrogen-bond donors (Lipinski definition) is 1. The van der Waals surface area contributed by atoms with Crippen molar-refractivity contribution in [3.05, 3.63) is 52.1 Å². The summed E-state index contributed by atoms with van der Waals surface area (Å²) in [5.74, 6) is 0.953. The summed E-state index contributed by atoms with van der Waals surface area (Å²) in [6, 6.07) is 5.15. The summed E-state index contributed by atoms with van der Waals surface area (Å²) in [6.45, 7) is 2.04. The predicted octanol–water partition coefficient (Wildman–Crippen LogP) is 2.50. The summed E-state index contributed by atoms with van der Waals surface area (Å²) in [5, 5.41) is 13.8. The second kappa shape index (κ2) is 4.65. The van der Waals surface area contributed by atoms with E-state index in [1.165, 1.54) is 6.20 Å². The van der Waals surface area contributed by atoms with Crippen LogP contribution in [0.1, 0.15) is 11.3 Å². The average Bonchev–Trinajstić information content (AvgIpc) is 2.78. The maximum atomic E-state index is 10.9. The van der Waals surface area contributed by atoms with E-state index in [0.717, 1.165) is 0 Å². The van der Waals surface area contributed by atoms with Crippen LogP contribution in [0.3, 0.4) is 0 Å². The fourth-order valence-electron chi connectivity index (χ4n) is 1.49. The van der Waals surface area contributed by atoms with Crippen LogP contribution in [-0.4, -0.2) is 9.91 Å². The lowest BCUT2D eigenvalue weighted by Crippen LogP contribution is -2.05. The number of nitro groups is 1. The molecule has 0 aromatic carbocycles. The number of nitrogens with one attached hydrogen (secondary N) is 1. The van der Waals surface area contributed by atoms with Crippen molar-refractivity contribution in [2.75, 3.05) is 5.32 Å². The van der Waals surface area contributed by atoms with E-state index in [2.05, 4.69) is 10.3 Å². The van der Waals surface area contributed by atoms with Crippen molar-refractivity contribution in [3.63, 3.8) is 0 Å². The Labute approximate surface area is 97.4 Å². The van der Waals surface area contributed by atoms with Crippen molar-refractivity contribution in [1.82, 2.24) is 4.98 Å². The maximum Gasteiger partial charge on any atom is 0.314 e. The van der Waals surface area contributed by atoms with Crippen molar-refractivity contribution < 1.29 is 9.34 Å². The fourth-order valence-corrected chi connectivity index (χ4v) is 1.49. The quantitative estimate of drug-likeness (QED) is 0.648. The topological polar surface area (TPSA) is 81.2 Å². The molecule has 0 fully saturated rings. The Morgan fingerprint density at radius 1 is 1.53 bits per heavy atom. The Hall–Kier alpha value is -2.37. The van der Waals surface area contributed by atoms with Gasteiger partial charge in [0.2, 0.25) is 5.82 Å².